The van der Waals surface area contributed by atoms with Gasteiger partial charge in [0, 0.05) is 13.1 Å². The fraction of sp³-hybridized carbons (Fsp3) is 0.333. The van der Waals surface area contributed by atoms with E-state index in [1.165, 1.54) is 0 Å². The molecule has 1 atom stereocenters. The van der Waals surface area contributed by atoms with Gasteiger partial charge in [-0.15, -0.1) is 0 Å². The average Bonchev–Trinajstić information content (AvgIpc) is 2.67. The zero-order chi connectivity index (χ0) is 18.4. The Labute approximate surface area is 154 Å². The number of carbonyl (C=O) groups is 2. The van der Waals surface area contributed by atoms with Crippen LogP contribution in [0.1, 0.15) is 18.9 Å². The number of amides is 2. The van der Waals surface area contributed by atoms with E-state index in [9.17, 15) is 9.59 Å². The van der Waals surface area contributed by atoms with Gasteiger partial charge >= 0.3 is 0 Å². The molecule has 5 heteroatoms. The highest BCUT2D eigenvalue weighted by molar-refractivity contribution is 5.94. The molecular formula is C21H24N2O3. The van der Waals surface area contributed by atoms with Crippen molar-refractivity contribution in [3.05, 3.63) is 66.2 Å². The Bertz CT molecular complexity index is 733. The summed E-state index contributed by atoms with van der Waals surface area (Å²) in [6.07, 6.45) is 0.691. The van der Waals surface area contributed by atoms with Crippen molar-refractivity contribution < 1.29 is 14.3 Å². The van der Waals surface area contributed by atoms with Gasteiger partial charge in [0.2, 0.25) is 11.8 Å². The fourth-order valence-corrected chi connectivity index (χ4v) is 3.14. The van der Waals surface area contributed by atoms with Crippen molar-refractivity contribution >= 4 is 11.8 Å². The highest BCUT2D eigenvalue weighted by Gasteiger charge is 2.35. The molecule has 0 bridgehead atoms. The Hall–Kier alpha value is -2.82. The SMILES string of the molecule is C[C@@H]1C(=O)N(Cc2ccccc2)CC(=O)N1CCCOc1ccccc1. The Morgan fingerprint density at radius 2 is 1.65 bits per heavy atom. The molecule has 0 radical (unpaired) electrons. The van der Waals surface area contributed by atoms with E-state index in [-0.39, 0.29) is 18.4 Å². The van der Waals surface area contributed by atoms with E-state index >= 15 is 0 Å². The summed E-state index contributed by atoms with van der Waals surface area (Å²) in [7, 11) is 0. The van der Waals surface area contributed by atoms with Gasteiger partial charge in [0.15, 0.2) is 0 Å². The van der Waals surface area contributed by atoms with Crippen molar-refractivity contribution in [1.82, 2.24) is 9.80 Å². The molecule has 136 valence electrons. The van der Waals surface area contributed by atoms with Gasteiger partial charge in [0.25, 0.3) is 0 Å². The summed E-state index contributed by atoms with van der Waals surface area (Å²) in [5, 5.41) is 0. The van der Waals surface area contributed by atoms with E-state index in [1.54, 1.807) is 16.7 Å². The number of para-hydroxylation sites is 1. The van der Waals surface area contributed by atoms with Crippen molar-refractivity contribution in [2.24, 2.45) is 0 Å². The monoisotopic (exact) mass is 352 g/mol. The smallest absolute Gasteiger partial charge is 0.245 e. The van der Waals surface area contributed by atoms with Crippen molar-refractivity contribution in [1.29, 1.82) is 0 Å². The first kappa shape index (κ1) is 18.0. The van der Waals surface area contributed by atoms with Gasteiger partial charge in [-0.3, -0.25) is 9.59 Å². The molecule has 0 spiro atoms. The third-order valence-electron chi connectivity index (χ3n) is 4.55. The van der Waals surface area contributed by atoms with Gasteiger partial charge in [-0.25, -0.2) is 0 Å². The van der Waals surface area contributed by atoms with E-state index in [0.29, 0.717) is 26.1 Å². The molecule has 0 unspecified atom stereocenters. The molecule has 2 aromatic carbocycles. The van der Waals surface area contributed by atoms with E-state index in [1.807, 2.05) is 60.7 Å². The fourth-order valence-electron chi connectivity index (χ4n) is 3.14. The second-order valence-electron chi connectivity index (χ2n) is 6.46. The lowest BCUT2D eigenvalue weighted by Gasteiger charge is -2.38. The van der Waals surface area contributed by atoms with E-state index in [2.05, 4.69) is 0 Å². The predicted molar refractivity (Wildman–Crippen MR) is 99.6 cm³/mol. The molecule has 0 aliphatic carbocycles. The summed E-state index contributed by atoms with van der Waals surface area (Å²) in [6, 6.07) is 18.9. The summed E-state index contributed by atoms with van der Waals surface area (Å²) in [5.41, 5.74) is 1.03. The quantitative estimate of drug-likeness (QED) is 0.720. The van der Waals surface area contributed by atoms with E-state index in [4.69, 9.17) is 4.74 Å². The first-order valence-electron chi connectivity index (χ1n) is 8.95. The lowest BCUT2D eigenvalue weighted by molar-refractivity contribution is -0.155. The normalized spacial score (nSPS) is 17.5. The van der Waals surface area contributed by atoms with Crippen LogP contribution in [0.3, 0.4) is 0 Å². The number of nitrogens with zero attached hydrogens (tertiary/aromatic N) is 2. The number of carbonyl (C=O) groups excluding carboxylic acids is 2. The van der Waals surface area contributed by atoms with Crippen molar-refractivity contribution in [2.45, 2.75) is 25.9 Å². The molecule has 1 aliphatic heterocycles. The lowest BCUT2D eigenvalue weighted by atomic mass is 10.1. The van der Waals surface area contributed by atoms with Crippen LogP contribution in [0.2, 0.25) is 0 Å². The minimum atomic E-state index is -0.434. The highest BCUT2D eigenvalue weighted by Crippen LogP contribution is 2.16. The summed E-state index contributed by atoms with van der Waals surface area (Å²) in [6.45, 7) is 3.45. The molecular weight excluding hydrogens is 328 g/mol. The molecule has 2 amide bonds. The van der Waals surface area contributed by atoms with Crippen molar-refractivity contribution in [3.8, 4) is 5.75 Å². The average molecular weight is 352 g/mol. The van der Waals surface area contributed by atoms with Crippen LogP contribution >= 0.6 is 0 Å². The third-order valence-corrected chi connectivity index (χ3v) is 4.55. The van der Waals surface area contributed by atoms with Gasteiger partial charge in [-0.05, 0) is 31.0 Å². The van der Waals surface area contributed by atoms with Crippen molar-refractivity contribution in [2.75, 3.05) is 19.7 Å². The Balaban J connectivity index is 1.50. The van der Waals surface area contributed by atoms with Crippen LogP contribution < -0.4 is 4.74 Å². The van der Waals surface area contributed by atoms with Crippen molar-refractivity contribution in [3.63, 3.8) is 0 Å². The van der Waals surface area contributed by atoms with Crippen LogP contribution in [0.4, 0.5) is 0 Å². The van der Waals surface area contributed by atoms with Gasteiger partial charge in [-0.1, -0.05) is 48.5 Å². The zero-order valence-corrected chi connectivity index (χ0v) is 15.0. The van der Waals surface area contributed by atoms with Crippen LogP contribution in [0.25, 0.3) is 0 Å². The molecule has 1 aliphatic rings. The number of benzene rings is 2. The van der Waals surface area contributed by atoms with Crippen LogP contribution in [0.15, 0.2) is 60.7 Å². The molecule has 0 aromatic heterocycles. The lowest BCUT2D eigenvalue weighted by Crippen LogP contribution is -2.58. The largest absolute Gasteiger partial charge is 0.494 e. The molecule has 0 saturated carbocycles. The Kier molecular flexibility index (Phi) is 5.89. The molecule has 3 rings (SSSR count). The van der Waals surface area contributed by atoms with Gasteiger partial charge in [0.1, 0.15) is 18.3 Å². The minimum absolute atomic E-state index is 0.00238. The topological polar surface area (TPSA) is 49.9 Å². The summed E-state index contributed by atoms with van der Waals surface area (Å²) in [4.78, 5) is 28.4. The number of ether oxygens (including phenoxy) is 1. The maximum atomic E-state index is 12.6. The molecule has 1 heterocycles. The Morgan fingerprint density at radius 1 is 1.00 bits per heavy atom. The summed E-state index contributed by atoms with van der Waals surface area (Å²) in [5.74, 6) is 0.806. The zero-order valence-electron chi connectivity index (χ0n) is 15.0. The maximum absolute atomic E-state index is 12.6. The van der Waals surface area contributed by atoms with Crippen LogP contribution in [-0.4, -0.2) is 47.4 Å². The third kappa shape index (κ3) is 4.42. The van der Waals surface area contributed by atoms with Gasteiger partial charge in [-0.2, -0.15) is 0 Å². The summed E-state index contributed by atoms with van der Waals surface area (Å²) < 4.78 is 5.66. The highest BCUT2D eigenvalue weighted by atomic mass is 16.5. The van der Waals surface area contributed by atoms with Gasteiger partial charge in [0.05, 0.1) is 6.61 Å². The van der Waals surface area contributed by atoms with E-state index < -0.39 is 6.04 Å². The Morgan fingerprint density at radius 3 is 2.35 bits per heavy atom. The first-order chi connectivity index (χ1) is 12.6. The number of hydrogen-bond donors (Lipinski definition) is 0. The van der Waals surface area contributed by atoms with E-state index in [0.717, 1.165) is 11.3 Å². The molecule has 1 saturated heterocycles. The second-order valence-corrected chi connectivity index (χ2v) is 6.46. The molecule has 1 fully saturated rings. The first-order valence-corrected chi connectivity index (χ1v) is 8.95. The maximum Gasteiger partial charge on any atom is 0.245 e. The molecule has 5 nitrogen and oxygen atoms in total. The van der Waals surface area contributed by atoms with Crippen LogP contribution in [0.5, 0.6) is 5.75 Å². The number of piperazine rings is 1. The van der Waals surface area contributed by atoms with Crippen LogP contribution in [-0.2, 0) is 16.1 Å². The molecule has 26 heavy (non-hydrogen) atoms. The minimum Gasteiger partial charge on any atom is -0.494 e. The van der Waals surface area contributed by atoms with Crippen LogP contribution in [0, 0.1) is 0 Å². The predicted octanol–water partition coefficient (Wildman–Crippen LogP) is 2.72. The van der Waals surface area contributed by atoms with Gasteiger partial charge < -0.3 is 14.5 Å². The second kappa shape index (κ2) is 8.52. The molecule has 0 N–H and O–H groups in total. The number of hydrogen-bond acceptors (Lipinski definition) is 3. The molecule has 2 aromatic rings. The summed E-state index contributed by atoms with van der Waals surface area (Å²) >= 11 is 0. The number of rotatable bonds is 7. The standard InChI is InChI=1S/C21H24N2O3/c1-17-21(25)22(15-18-9-4-2-5-10-18)16-20(24)23(17)13-8-14-26-19-11-6-3-7-12-19/h2-7,9-12,17H,8,13-16H2,1H3/t17-/m1/s1.